The van der Waals surface area contributed by atoms with E-state index in [4.69, 9.17) is 63.1 Å². The third-order valence-corrected chi connectivity index (χ3v) is 3.60. The van der Waals surface area contributed by atoms with Gasteiger partial charge in [0.15, 0.2) is 5.75 Å². The molecule has 15 heavy (non-hydrogen) atoms. The minimum absolute atomic E-state index is 0.0638. The van der Waals surface area contributed by atoms with Gasteiger partial charge in [0.25, 0.3) is 0 Å². The topological polar surface area (TPSA) is 46.5 Å². The molecule has 1 aromatic carbocycles. The van der Waals surface area contributed by atoms with E-state index in [2.05, 4.69) is 4.74 Å². The molecule has 0 bridgehead atoms. The quantitative estimate of drug-likeness (QED) is 0.343. The lowest BCUT2D eigenvalue weighted by Gasteiger charge is -2.10. The van der Waals surface area contributed by atoms with Crippen molar-refractivity contribution in [1.29, 1.82) is 0 Å². The van der Waals surface area contributed by atoms with E-state index in [9.17, 15) is 4.79 Å². The lowest BCUT2D eigenvalue weighted by Crippen LogP contribution is -2.04. The summed E-state index contributed by atoms with van der Waals surface area (Å²) < 4.78 is 4.32. The lowest BCUT2D eigenvalue weighted by molar-refractivity contribution is 0.144. The average molecular weight is 310 g/mol. The molecule has 3 nitrogen and oxygen atoms in total. The molecule has 0 aliphatic rings. The van der Waals surface area contributed by atoms with Crippen molar-refractivity contribution in [2.45, 2.75) is 0 Å². The largest absolute Gasteiger partial charge is 0.511 e. The van der Waals surface area contributed by atoms with Crippen molar-refractivity contribution in [3.63, 3.8) is 0 Å². The first kappa shape index (κ1) is 13.0. The van der Waals surface area contributed by atoms with Gasteiger partial charge in [0.2, 0.25) is 0 Å². The van der Waals surface area contributed by atoms with Gasteiger partial charge in [-0.2, -0.15) is 0 Å². The number of halogens is 5. The summed E-state index contributed by atoms with van der Waals surface area (Å²) in [5.74, 6) is -0.342. The minimum atomic E-state index is -1.59. The Morgan fingerprint density at radius 2 is 1.20 bits per heavy atom. The van der Waals surface area contributed by atoms with Crippen LogP contribution in [-0.4, -0.2) is 11.3 Å². The lowest BCUT2D eigenvalue weighted by atomic mass is 10.3. The van der Waals surface area contributed by atoms with E-state index in [0.717, 1.165) is 0 Å². The van der Waals surface area contributed by atoms with Crippen LogP contribution in [-0.2, 0) is 0 Å². The van der Waals surface area contributed by atoms with E-state index in [1.54, 1.807) is 0 Å². The summed E-state index contributed by atoms with van der Waals surface area (Å²) in [7, 11) is 0. The minimum Gasteiger partial charge on any atom is -0.449 e. The average Bonchev–Trinajstić information content (AvgIpc) is 2.18. The summed E-state index contributed by atoms with van der Waals surface area (Å²) in [6.45, 7) is 0. The summed E-state index contributed by atoms with van der Waals surface area (Å²) in [4.78, 5) is 10.3. The highest BCUT2D eigenvalue weighted by atomic mass is 35.5. The number of carboxylic acid groups (broad SMARTS) is 1. The molecule has 1 rings (SSSR count). The van der Waals surface area contributed by atoms with Crippen LogP contribution in [0.2, 0.25) is 25.1 Å². The third-order valence-electron chi connectivity index (χ3n) is 1.36. The fourth-order valence-corrected chi connectivity index (χ4v) is 1.96. The molecule has 0 saturated heterocycles. The summed E-state index contributed by atoms with van der Waals surface area (Å²) in [5.41, 5.74) is 0. The van der Waals surface area contributed by atoms with Gasteiger partial charge in [-0.1, -0.05) is 58.0 Å². The molecule has 0 aromatic heterocycles. The SMILES string of the molecule is O=C(O)Oc1c(Cl)c(Cl)c(Cl)c(Cl)c1Cl. The number of benzene rings is 1. The second-order valence-electron chi connectivity index (χ2n) is 2.27. The van der Waals surface area contributed by atoms with Crippen molar-refractivity contribution in [1.82, 2.24) is 0 Å². The fourth-order valence-electron chi connectivity index (χ4n) is 0.762. The van der Waals surface area contributed by atoms with Crippen molar-refractivity contribution >= 4 is 64.2 Å². The van der Waals surface area contributed by atoms with E-state index in [0.29, 0.717) is 0 Å². The number of hydrogen-bond acceptors (Lipinski definition) is 2. The summed E-state index contributed by atoms with van der Waals surface area (Å²) in [5, 5.41) is 7.68. The van der Waals surface area contributed by atoms with Gasteiger partial charge in [-0.05, 0) is 0 Å². The monoisotopic (exact) mass is 308 g/mol. The molecule has 0 saturated carbocycles. The summed E-state index contributed by atoms with van der Waals surface area (Å²) in [6.07, 6.45) is -1.59. The van der Waals surface area contributed by atoms with Crippen LogP contribution in [0, 0.1) is 0 Å². The van der Waals surface area contributed by atoms with Crippen LogP contribution in [0.3, 0.4) is 0 Å². The van der Waals surface area contributed by atoms with Gasteiger partial charge in [-0.15, -0.1) is 0 Å². The van der Waals surface area contributed by atoms with Crippen molar-refractivity contribution in [3.8, 4) is 5.75 Å². The molecule has 8 heteroatoms. The smallest absolute Gasteiger partial charge is 0.449 e. The molecule has 0 heterocycles. The maximum absolute atomic E-state index is 10.3. The van der Waals surface area contributed by atoms with Crippen molar-refractivity contribution in [2.75, 3.05) is 0 Å². The fraction of sp³-hybridized carbons (Fsp3) is 0. The second kappa shape index (κ2) is 4.85. The van der Waals surface area contributed by atoms with Gasteiger partial charge < -0.3 is 9.84 Å². The van der Waals surface area contributed by atoms with Crippen LogP contribution in [0.5, 0.6) is 5.75 Å². The van der Waals surface area contributed by atoms with Crippen LogP contribution >= 0.6 is 58.0 Å². The highest BCUT2D eigenvalue weighted by Crippen LogP contribution is 2.48. The molecule has 82 valence electrons. The van der Waals surface area contributed by atoms with Gasteiger partial charge in [-0.25, -0.2) is 4.79 Å². The van der Waals surface area contributed by atoms with Gasteiger partial charge in [-0.3, -0.25) is 0 Å². The van der Waals surface area contributed by atoms with Gasteiger partial charge in [0.1, 0.15) is 10.0 Å². The Morgan fingerprint density at radius 3 is 1.53 bits per heavy atom. The first-order chi connectivity index (χ1) is 6.86. The molecule has 0 aliphatic carbocycles. The Kier molecular flexibility index (Phi) is 4.20. The van der Waals surface area contributed by atoms with Crippen molar-refractivity contribution in [3.05, 3.63) is 25.1 Å². The Hall–Kier alpha value is -0.0600. The zero-order valence-electron chi connectivity index (χ0n) is 6.65. The predicted octanol–water partition coefficient (Wildman–Crippen LogP) is 5.01. The standard InChI is InChI=1S/C7HCl5O3/c8-1-2(9)4(11)6(15-7(13)14)5(12)3(1)10/h(H,13,14). The predicted molar refractivity (Wildman–Crippen MR) is 60.1 cm³/mol. The Balaban J connectivity index is 3.45. The molecule has 0 fully saturated rings. The van der Waals surface area contributed by atoms with Crippen LogP contribution < -0.4 is 4.74 Å². The molecular formula is C7HCl5O3. The maximum Gasteiger partial charge on any atom is 0.511 e. The molecule has 0 unspecified atom stereocenters. The Morgan fingerprint density at radius 1 is 0.867 bits per heavy atom. The van der Waals surface area contributed by atoms with E-state index < -0.39 is 6.16 Å². The van der Waals surface area contributed by atoms with Gasteiger partial charge >= 0.3 is 6.16 Å². The molecule has 1 N–H and O–H groups in total. The molecule has 0 spiro atoms. The van der Waals surface area contributed by atoms with Gasteiger partial charge in [0.05, 0.1) is 15.1 Å². The molecule has 1 aromatic rings. The first-order valence-corrected chi connectivity index (χ1v) is 5.17. The molecule has 0 radical (unpaired) electrons. The molecular weight excluding hydrogens is 309 g/mol. The molecule has 0 atom stereocenters. The van der Waals surface area contributed by atoms with Crippen molar-refractivity contribution < 1.29 is 14.6 Å². The number of hydrogen-bond donors (Lipinski definition) is 1. The summed E-state index contributed by atoms with van der Waals surface area (Å²) >= 11 is 28.3. The highest BCUT2D eigenvalue weighted by molar-refractivity contribution is 6.55. The number of carbonyl (C=O) groups is 1. The molecule has 0 amide bonds. The zero-order valence-corrected chi connectivity index (χ0v) is 10.4. The Labute approximate surface area is 109 Å². The normalized spacial score (nSPS) is 10.2. The summed E-state index contributed by atoms with van der Waals surface area (Å²) in [6, 6.07) is 0. The second-order valence-corrected chi connectivity index (χ2v) is 4.16. The molecule has 0 aliphatic heterocycles. The van der Waals surface area contributed by atoms with E-state index in [-0.39, 0.29) is 30.9 Å². The van der Waals surface area contributed by atoms with E-state index >= 15 is 0 Å². The maximum atomic E-state index is 10.3. The number of rotatable bonds is 1. The van der Waals surface area contributed by atoms with Crippen LogP contribution in [0.4, 0.5) is 4.79 Å². The van der Waals surface area contributed by atoms with Crippen molar-refractivity contribution in [2.24, 2.45) is 0 Å². The van der Waals surface area contributed by atoms with Crippen LogP contribution in [0.1, 0.15) is 0 Å². The van der Waals surface area contributed by atoms with Gasteiger partial charge in [0, 0.05) is 0 Å². The van der Waals surface area contributed by atoms with Crippen LogP contribution in [0.25, 0.3) is 0 Å². The van der Waals surface area contributed by atoms with E-state index in [1.807, 2.05) is 0 Å². The number of ether oxygens (including phenoxy) is 1. The van der Waals surface area contributed by atoms with Crippen LogP contribution in [0.15, 0.2) is 0 Å². The van der Waals surface area contributed by atoms with E-state index in [1.165, 1.54) is 0 Å². The first-order valence-electron chi connectivity index (χ1n) is 3.28. The zero-order chi connectivity index (χ0) is 11.7. The third kappa shape index (κ3) is 2.55. The highest BCUT2D eigenvalue weighted by Gasteiger charge is 2.22. The Bertz CT molecular complexity index is 402.